The summed E-state index contributed by atoms with van der Waals surface area (Å²) in [6.45, 7) is 0. The summed E-state index contributed by atoms with van der Waals surface area (Å²) >= 11 is 0. The highest BCUT2D eigenvalue weighted by atomic mass is 16.3. The summed E-state index contributed by atoms with van der Waals surface area (Å²) in [5.74, 6) is -0.712. The van der Waals surface area contributed by atoms with Crippen LogP contribution < -0.4 is 0 Å². The van der Waals surface area contributed by atoms with E-state index < -0.39 is 0 Å². The van der Waals surface area contributed by atoms with Crippen LogP contribution in [0.15, 0.2) is 84.9 Å². The number of benzene rings is 3. The smallest absolute Gasteiger partial charge is 0.189 e. The second-order valence-corrected chi connectivity index (χ2v) is 6.10. The van der Waals surface area contributed by atoms with E-state index in [0.717, 1.165) is 11.1 Å². The lowest BCUT2D eigenvalue weighted by atomic mass is 10.1. The van der Waals surface area contributed by atoms with Crippen molar-refractivity contribution in [3.05, 3.63) is 107 Å². The van der Waals surface area contributed by atoms with Gasteiger partial charge in [-0.05, 0) is 53.6 Å². The lowest BCUT2D eigenvalue weighted by Crippen LogP contribution is -1.94. The van der Waals surface area contributed by atoms with Gasteiger partial charge < -0.3 is 10.2 Å². The van der Waals surface area contributed by atoms with Crippen LogP contribution in [0.1, 0.15) is 31.8 Å². The molecule has 0 unspecified atom stereocenters. The predicted octanol–water partition coefficient (Wildman–Crippen LogP) is 4.89. The van der Waals surface area contributed by atoms with Gasteiger partial charge in [0.15, 0.2) is 11.6 Å². The van der Waals surface area contributed by atoms with Crippen molar-refractivity contribution in [2.45, 2.75) is 0 Å². The van der Waals surface area contributed by atoms with Gasteiger partial charge in [0.1, 0.15) is 11.5 Å². The molecule has 3 rings (SSSR count). The average molecular weight is 370 g/mol. The molecule has 3 aromatic rings. The molecule has 0 aliphatic heterocycles. The highest BCUT2D eigenvalue weighted by Crippen LogP contribution is 2.19. The molecule has 138 valence electrons. The summed E-state index contributed by atoms with van der Waals surface area (Å²) in [4.78, 5) is 24.4. The molecule has 0 amide bonds. The van der Waals surface area contributed by atoms with Crippen LogP contribution in [-0.2, 0) is 0 Å². The molecule has 2 N–H and O–H groups in total. The molecule has 0 aliphatic carbocycles. The summed E-state index contributed by atoms with van der Waals surface area (Å²) in [5, 5.41) is 19.5. The molecule has 3 aromatic carbocycles. The van der Waals surface area contributed by atoms with Crippen molar-refractivity contribution < 1.29 is 19.8 Å². The maximum Gasteiger partial charge on any atom is 0.189 e. The van der Waals surface area contributed by atoms with E-state index in [1.807, 2.05) is 24.3 Å². The fraction of sp³-hybridized carbons (Fsp3) is 0. The van der Waals surface area contributed by atoms with Crippen LogP contribution in [0, 0.1) is 0 Å². The van der Waals surface area contributed by atoms with E-state index >= 15 is 0 Å². The van der Waals surface area contributed by atoms with Gasteiger partial charge in [0.05, 0.1) is 11.1 Å². The Bertz CT molecular complexity index is 994. The van der Waals surface area contributed by atoms with Crippen LogP contribution in [0.4, 0.5) is 0 Å². The first-order chi connectivity index (χ1) is 13.5. The number of rotatable bonds is 6. The molecule has 0 spiro atoms. The number of para-hydroxylation sites is 2. The van der Waals surface area contributed by atoms with Gasteiger partial charge in [-0.2, -0.15) is 0 Å². The number of hydrogen-bond acceptors (Lipinski definition) is 4. The Morgan fingerprint density at radius 2 is 1.04 bits per heavy atom. The van der Waals surface area contributed by atoms with Crippen molar-refractivity contribution in [1.82, 2.24) is 0 Å². The Balaban J connectivity index is 1.74. The number of allylic oxidation sites excluding steroid dienone is 2. The Morgan fingerprint density at radius 1 is 0.607 bits per heavy atom. The third-order valence-corrected chi connectivity index (χ3v) is 4.10. The highest BCUT2D eigenvalue weighted by Gasteiger charge is 2.07. The number of aromatic hydroxyl groups is 2. The van der Waals surface area contributed by atoms with E-state index in [1.165, 1.54) is 24.3 Å². The predicted molar refractivity (Wildman–Crippen MR) is 109 cm³/mol. The maximum atomic E-state index is 12.2. The quantitative estimate of drug-likeness (QED) is 0.478. The zero-order valence-corrected chi connectivity index (χ0v) is 14.9. The maximum absolute atomic E-state index is 12.2. The van der Waals surface area contributed by atoms with Crippen LogP contribution in [-0.4, -0.2) is 21.8 Å². The zero-order valence-electron chi connectivity index (χ0n) is 14.9. The molecule has 4 heteroatoms. The molecular formula is C24H18O4. The molecule has 28 heavy (non-hydrogen) atoms. The van der Waals surface area contributed by atoms with Crippen molar-refractivity contribution in [1.29, 1.82) is 0 Å². The standard InChI is InChI=1S/C24H18O4/c25-21-10-3-1-8-19(21)23(27)14-12-17-6-5-7-18(16-17)13-15-24(28)20-9-2-4-11-22(20)26/h1-16,25-26H. The molecule has 0 bridgehead atoms. The number of hydrogen-bond donors (Lipinski definition) is 2. The van der Waals surface area contributed by atoms with Crippen LogP contribution in [0.25, 0.3) is 12.2 Å². The van der Waals surface area contributed by atoms with Gasteiger partial charge in [0.2, 0.25) is 0 Å². The summed E-state index contributed by atoms with van der Waals surface area (Å²) in [5.41, 5.74) is 2.04. The number of carbonyl (C=O) groups excluding carboxylic acids is 2. The van der Waals surface area contributed by atoms with Gasteiger partial charge in [-0.25, -0.2) is 0 Å². The molecule has 0 fully saturated rings. The minimum atomic E-state index is -0.297. The first kappa shape index (κ1) is 18.9. The van der Waals surface area contributed by atoms with Crippen LogP contribution in [0.3, 0.4) is 0 Å². The van der Waals surface area contributed by atoms with E-state index in [0.29, 0.717) is 0 Å². The second-order valence-electron chi connectivity index (χ2n) is 6.10. The molecule has 0 heterocycles. The topological polar surface area (TPSA) is 74.6 Å². The van der Waals surface area contributed by atoms with Gasteiger partial charge in [0, 0.05) is 0 Å². The van der Waals surface area contributed by atoms with E-state index in [2.05, 4.69) is 0 Å². The molecule has 0 atom stereocenters. The lowest BCUT2D eigenvalue weighted by molar-refractivity contribution is 0.103. The summed E-state index contributed by atoms with van der Waals surface area (Å²) in [6, 6.07) is 20.0. The third-order valence-electron chi connectivity index (χ3n) is 4.10. The Kier molecular flexibility index (Phi) is 5.82. The second kappa shape index (κ2) is 8.64. The molecule has 4 nitrogen and oxygen atoms in total. The molecule has 0 aromatic heterocycles. The molecule has 0 aliphatic rings. The number of phenolic OH excluding ortho intramolecular Hbond substituents is 2. The summed E-state index contributed by atoms with van der Waals surface area (Å²) in [7, 11) is 0. The fourth-order valence-electron chi connectivity index (χ4n) is 2.65. The zero-order chi connectivity index (χ0) is 19.9. The van der Waals surface area contributed by atoms with E-state index in [9.17, 15) is 19.8 Å². The molecular weight excluding hydrogens is 352 g/mol. The largest absolute Gasteiger partial charge is 0.507 e. The number of carbonyl (C=O) groups is 2. The Labute approximate surface area is 162 Å². The first-order valence-electron chi connectivity index (χ1n) is 8.65. The highest BCUT2D eigenvalue weighted by molar-refractivity contribution is 6.09. The number of phenols is 2. The minimum Gasteiger partial charge on any atom is -0.507 e. The SMILES string of the molecule is O=C(C=Cc1cccc(C=CC(=O)c2ccccc2O)c1)c1ccccc1O. The lowest BCUT2D eigenvalue weighted by Gasteiger charge is -2.01. The molecule has 0 saturated carbocycles. The van der Waals surface area contributed by atoms with Crippen molar-refractivity contribution in [3.8, 4) is 11.5 Å². The van der Waals surface area contributed by atoms with E-state index in [1.54, 1.807) is 48.6 Å². The van der Waals surface area contributed by atoms with Crippen molar-refractivity contribution in [2.24, 2.45) is 0 Å². The van der Waals surface area contributed by atoms with Gasteiger partial charge in [-0.15, -0.1) is 0 Å². The number of ketones is 2. The van der Waals surface area contributed by atoms with Gasteiger partial charge in [-0.3, -0.25) is 9.59 Å². The van der Waals surface area contributed by atoms with E-state index in [-0.39, 0.29) is 34.2 Å². The minimum absolute atomic E-state index is 0.0588. The third kappa shape index (κ3) is 4.62. The first-order valence-corrected chi connectivity index (χ1v) is 8.65. The monoisotopic (exact) mass is 370 g/mol. The average Bonchev–Trinajstić information content (AvgIpc) is 2.71. The van der Waals surface area contributed by atoms with Crippen molar-refractivity contribution in [3.63, 3.8) is 0 Å². The fourth-order valence-corrected chi connectivity index (χ4v) is 2.65. The summed E-state index contributed by atoms with van der Waals surface area (Å²) in [6.07, 6.45) is 6.09. The van der Waals surface area contributed by atoms with Crippen LogP contribution in [0.2, 0.25) is 0 Å². The molecule has 0 saturated heterocycles. The van der Waals surface area contributed by atoms with Crippen LogP contribution >= 0.6 is 0 Å². The van der Waals surface area contributed by atoms with Crippen molar-refractivity contribution in [2.75, 3.05) is 0 Å². The van der Waals surface area contributed by atoms with Crippen molar-refractivity contribution >= 4 is 23.7 Å². The summed E-state index contributed by atoms with van der Waals surface area (Å²) < 4.78 is 0. The van der Waals surface area contributed by atoms with Gasteiger partial charge in [-0.1, -0.05) is 54.6 Å². The normalized spacial score (nSPS) is 11.1. The Hall–Kier alpha value is -3.92. The Morgan fingerprint density at radius 3 is 1.46 bits per heavy atom. The van der Waals surface area contributed by atoms with Crippen LogP contribution in [0.5, 0.6) is 11.5 Å². The van der Waals surface area contributed by atoms with Gasteiger partial charge >= 0.3 is 0 Å². The van der Waals surface area contributed by atoms with E-state index in [4.69, 9.17) is 0 Å². The molecule has 0 radical (unpaired) electrons. The van der Waals surface area contributed by atoms with Gasteiger partial charge in [0.25, 0.3) is 0 Å².